The van der Waals surface area contributed by atoms with Crippen molar-refractivity contribution in [2.24, 2.45) is 0 Å². The highest BCUT2D eigenvalue weighted by molar-refractivity contribution is 6.31. The molecule has 1 aromatic heterocycles. The van der Waals surface area contributed by atoms with Gasteiger partial charge < -0.3 is 11.5 Å². The zero-order valence-electron chi connectivity index (χ0n) is 9.15. The molecule has 1 heterocycles. The summed E-state index contributed by atoms with van der Waals surface area (Å²) in [5.41, 5.74) is 11.2. The first-order valence-corrected chi connectivity index (χ1v) is 5.37. The fraction of sp³-hybridized carbons (Fsp3) is 0. The van der Waals surface area contributed by atoms with Gasteiger partial charge in [0, 0.05) is 11.8 Å². The standard InChI is InChI=1S/C12H9ClFN3O/c13-7-4-8(12(16)17-5-7)11(18)6-1-2-10(15)9(14)3-6/h1-5H,15H2,(H2,16,17). The molecule has 0 atom stereocenters. The summed E-state index contributed by atoms with van der Waals surface area (Å²) in [5, 5.41) is 0.281. The minimum absolute atomic E-state index is 0.0243. The Kier molecular flexibility index (Phi) is 3.16. The summed E-state index contributed by atoms with van der Waals surface area (Å²) in [4.78, 5) is 15.9. The van der Waals surface area contributed by atoms with Gasteiger partial charge in [0.1, 0.15) is 11.6 Å². The molecule has 2 aromatic rings. The van der Waals surface area contributed by atoms with Crippen LogP contribution in [0.3, 0.4) is 0 Å². The van der Waals surface area contributed by atoms with Crippen molar-refractivity contribution in [3.8, 4) is 0 Å². The summed E-state index contributed by atoms with van der Waals surface area (Å²) in [7, 11) is 0. The fourth-order valence-electron chi connectivity index (χ4n) is 1.46. The van der Waals surface area contributed by atoms with E-state index in [9.17, 15) is 9.18 Å². The predicted molar refractivity (Wildman–Crippen MR) is 67.9 cm³/mol. The summed E-state index contributed by atoms with van der Waals surface area (Å²) in [6, 6.07) is 5.18. The smallest absolute Gasteiger partial charge is 0.196 e. The molecule has 0 aliphatic rings. The number of hydrogen-bond donors (Lipinski definition) is 2. The zero-order valence-corrected chi connectivity index (χ0v) is 9.91. The molecule has 1 aromatic carbocycles. The molecule has 0 radical (unpaired) electrons. The highest BCUT2D eigenvalue weighted by Crippen LogP contribution is 2.20. The van der Waals surface area contributed by atoms with Gasteiger partial charge in [0.05, 0.1) is 16.3 Å². The Morgan fingerprint density at radius 2 is 2.00 bits per heavy atom. The molecule has 0 saturated heterocycles. The van der Waals surface area contributed by atoms with Crippen molar-refractivity contribution in [2.75, 3.05) is 11.5 Å². The highest BCUT2D eigenvalue weighted by atomic mass is 35.5. The van der Waals surface area contributed by atoms with Crippen molar-refractivity contribution in [3.05, 3.63) is 52.4 Å². The van der Waals surface area contributed by atoms with Crippen molar-refractivity contribution >= 4 is 28.9 Å². The zero-order chi connectivity index (χ0) is 13.3. The minimum atomic E-state index is -0.658. The molecule has 0 spiro atoms. The van der Waals surface area contributed by atoms with E-state index in [1.165, 1.54) is 24.4 Å². The molecule has 0 amide bonds. The average molecular weight is 266 g/mol. The Labute approximate surface area is 107 Å². The summed E-state index contributed by atoms with van der Waals surface area (Å²) >= 11 is 5.74. The number of benzene rings is 1. The van der Waals surface area contributed by atoms with Crippen LogP contribution < -0.4 is 11.5 Å². The van der Waals surface area contributed by atoms with Crippen LogP contribution in [0.25, 0.3) is 0 Å². The van der Waals surface area contributed by atoms with Crippen LogP contribution in [0, 0.1) is 5.82 Å². The minimum Gasteiger partial charge on any atom is -0.396 e. The van der Waals surface area contributed by atoms with Gasteiger partial charge in [-0.3, -0.25) is 4.79 Å². The van der Waals surface area contributed by atoms with Gasteiger partial charge in [-0.1, -0.05) is 11.6 Å². The van der Waals surface area contributed by atoms with Crippen molar-refractivity contribution in [1.82, 2.24) is 4.98 Å². The molecule has 0 aliphatic carbocycles. The number of nitrogen functional groups attached to an aromatic ring is 2. The number of anilines is 2. The molecule has 0 saturated carbocycles. The largest absolute Gasteiger partial charge is 0.396 e. The number of ketones is 1. The maximum Gasteiger partial charge on any atom is 0.196 e. The quantitative estimate of drug-likeness (QED) is 0.645. The Morgan fingerprint density at radius 3 is 2.67 bits per heavy atom. The van der Waals surface area contributed by atoms with Gasteiger partial charge in [-0.05, 0) is 24.3 Å². The number of pyridine rings is 1. The SMILES string of the molecule is Nc1ccc(C(=O)c2cc(Cl)cnc2N)cc1F. The first kappa shape index (κ1) is 12.3. The maximum absolute atomic E-state index is 13.3. The van der Waals surface area contributed by atoms with Crippen molar-refractivity contribution < 1.29 is 9.18 Å². The molecule has 0 fully saturated rings. The van der Waals surface area contributed by atoms with Crippen LogP contribution in [0.5, 0.6) is 0 Å². The summed E-state index contributed by atoms with van der Waals surface area (Å²) in [6.07, 6.45) is 1.33. The second-order valence-electron chi connectivity index (χ2n) is 3.65. The lowest BCUT2D eigenvalue weighted by Gasteiger charge is -2.05. The van der Waals surface area contributed by atoms with Crippen LogP contribution in [0.15, 0.2) is 30.5 Å². The van der Waals surface area contributed by atoms with Gasteiger partial charge in [0.15, 0.2) is 5.78 Å². The van der Waals surface area contributed by atoms with Gasteiger partial charge in [-0.25, -0.2) is 9.37 Å². The molecule has 0 aliphatic heterocycles. The van der Waals surface area contributed by atoms with E-state index < -0.39 is 11.6 Å². The number of aromatic nitrogens is 1. The van der Waals surface area contributed by atoms with Crippen LogP contribution in [-0.2, 0) is 0 Å². The van der Waals surface area contributed by atoms with Crippen molar-refractivity contribution in [2.45, 2.75) is 0 Å². The number of hydrogen-bond acceptors (Lipinski definition) is 4. The molecule has 6 heteroatoms. The van der Waals surface area contributed by atoms with Gasteiger partial charge in [-0.15, -0.1) is 0 Å². The Morgan fingerprint density at radius 1 is 1.28 bits per heavy atom. The van der Waals surface area contributed by atoms with Crippen LogP contribution in [-0.4, -0.2) is 10.8 Å². The number of nitrogens with two attached hydrogens (primary N) is 2. The van der Waals surface area contributed by atoms with E-state index in [1.807, 2.05) is 0 Å². The predicted octanol–water partition coefficient (Wildman–Crippen LogP) is 2.27. The summed E-state index contributed by atoms with van der Waals surface area (Å²) in [6.45, 7) is 0. The molecule has 0 unspecified atom stereocenters. The van der Waals surface area contributed by atoms with Crippen LogP contribution in [0.4, 0.5) is 15.9 Å². The average Bonchev–Trinajstić information content (AvgIpc) is 2.35. The Balaban J connectivity index is 2.47. The van der Waals surface area contributed by atoms with Crippen molar-refractivity contribution in [3.63, 3.8) is 0 Å². The Bertz CT molecular complexity index is 631. The molecule has 4 N–H and O–H groups in total. The van der Waals surface area contributed by atoms with Gasteiger partial charge in [-0.2, -0.15) is 0 Å². The maximum atomic E-state index is 13.3. The number of carbonyl (C=O) groups excluding carboxylic acids is 1. The molecular formula is C12H9ClFN3O. The van der Waals surface area contributed by atoms with Crippen LogP contribution in [0.2, 0.25) is 5.02 Å². The lowest BCUT2D eigenvalue weighted by atomic mass is 10.0. The van der Waals surface area contributed by atoms with Crippen LogP contribution >= 0.6 is 11.6 Å². The van der Waals surface area contributed by atoms with E-state index in [-0.39, 0.29) is 27.7 Å². The molecule has 18 heavy (non-hydrogen) atoms. The third-order valence-electron chi connectivity index (χ3n) is 2.39. The topological polar surface area (TPSA) is 82.0 Å². The third kappa shape index (κ3) is 2.26. The fourth-order valence-corrected chi connectivity index (χ4v) is 1.61. The molecule has 4 nitrogen and oxygen atoms in total. The van der Waals surface area contributed by atoms with Crippen LogP contribution in [0.1, 0.15) is 15.9 Å². The second kappa shape index (κ2) is 4.62. The first-order chi connectivity index (χ1) is 8.49. The number of halogens is 2. The summed E-state index contributed by atoms with van der Waals surface area (Å²) < 4.78 is 13.3. The monoisotopic (exact) mass is 265 g/mol. The van der Waals surface area contributed by atoms with E-state index in [1.54, 1.807) is 0 Å². The summed E-state index contributed by atoms with van der Waals surface area (Å²) in [5.74, 6) is -1.07. The highest BCUT2D eigenvalue weighted by Gasteiger charge is 2.15. The number of nitrogens with zero attached hydrogens (tertiary/aromatic N) is 1. The lowest BCUT2D eigenvalue weighted by Crippen LogP contribution is -2.07. The van der Waals surface area contributed by atoms with E-state index in [0.29, 0.717) is 0 Å². The van der Waals surface area contributed by atoms with E-state index in [4.69, 9.17) is 23.1 Å². The molecule has 2 rings (SSSR count). The lowest BCUT2D eigenvalue weighted by molar-refractivity contribution is 0.103. The van der Waals surface area contributed by atoms with Gasteiger partial charge in [0.2, 0.25) is 0 Å². The van der Waals surface area contributed by atoms with Gasteiger partial charge >= 0.3 is 0 Å². The van der Waals surface area contributed by atoms with E-state index >= 15 is 0 Å². The normalized spacial score (nSPS) is 10.3. The molecule has 92 valence electrons. The van der Waals surface area contributed by atoms with Gasteiger partial charge in [0.25, 0.3) is 0 Å². The first-order valence-electron chi connectivity index (χ1n) is 5.00. The van der Waals surface area contributed by atoms with E-state index in [2.05, 4.69) is 4.98 Å². The molecule has 0 bridgehead atoms. The third-order valence-corrected chi connectivity index (χ3v) is 2.60. The molecular weight excluding hydrogens is 257 g/mol. The number of rotatable bonds is 2. The second-order valence-corrected chi connectivity index (χ2v) is 4.09. The number of carbonyl (C=O) groups is 1. The van der Waals surface area contributed by atoms with Crippen molar-refractivity contribution in [1.29, 1.82) is 0 Å². The van der Waals surface area contributed by atoms with E-state index in [0.717, 1.165) is 6.07 Å². The Hall–Kier alpha value is -2.14.